The second-order valence-electron chi connectivity index (χ2n) is 5.65. The van der Waals surface area contributed by atoms with E-state index in [-0.39, 0.29) is 0 Å². The summed E-state index contributed by atoms with van der Waals surface area (Å²) in [6, 6.07) is 11.0. The zero-order chi connectivity index (χ0) is 12.5. The lowest BCUT2D eigenvalue weighted by atomic mass is 9.98. The van der Waals surface area contributed by atoms with E-state index in [9.17, 15) is 0 Å². The van der Waals surface area contributed by atoms with E-state index >= 15 is 0 Å². The van der Waals surface area contributed by atoms with Crippen LogP contribution in [0.4, 0.5) is 0 Å². The van der Waals surface area contributed by atoms with Crippen LogP contribution >= 0.6 is 0 Å². The highest BCUT2D eigenvalue weighted by molar-refractivity contribution is 5.77. The van der Waals surface area contributed by atoms with E-state index in [1.807, 2.05) is 12.1 Å². The molecule has 2 nitrogen and oxygen atoms in total. The average molecular weight is 243 g/mol. The van der Waals surface area contributed by atoms with Gasteiger partial charge in [0.1, 0.15) is 11.3 Å². The van der Waals surface area contributed by atoms with Crippen LogP contribution in [0.15, 0.2) is 34.7 Å². The number of para-hydroxylation sites is 1. The fourth-order valence-corrected chi connectivity index (χ4v) is 3.01. The number of rotatable bonds is 3. The lowest BCUT2D eigenvalue weighted by Gasteiger charge is -2.18. The lowest BCUT2D eigenvalue weighted by Crippen LogP contribution is -2.31. The van der Waals surface area contributed by atoms with Crippen LogP contribution in [0.1, 0.15) is 32.4 Å². The molecular weight excluding hydrogens is 222 g/mol. The van der Waals surface area contributed by atoms with Crippen molar-refractivity contribution in [2.24, 2.45) is 11.8 Å². The normalized spacial score (nSPS) is 28.0. The largest absolute Gasteiger partial charge is 0.460 e. The van der Waals surface area contributed by atoms with Crippen molar-refractivity contribution in [2.75, 3.05) is 0 Å². The van der Waals surface area contributed by atoms with Crippen molar-refractivity contribution >= 4 is 11.0 Å². The lowest BCUT2D eigenvalue weighted by molar-refractivity contribution is 0.358. The molecular formula is C16H21NO. The second-order valence-corrected chi connectivity index (χ2v) is 5.65. The maximum Gasteiger partial charge on any atom is 0.134 e. The van der Waals surface area contributed by atoms with Gasteiger partial charge >= 0.3 is 0 Å². The third-order valence-corrected chi connectivity index (χ3v) is 4.48. The molecule has 1 N–H and O–H groups in total. The molecule has 1 fully saturated rings. The second kappa shape index (κ2) is 4.77. The highest BCUT2D eigenvalue weighted by Crippen LogP contribution is 2.31. The number of hydrogen-bond donors (Lipinski definition) is 1. The molecule has 18 heavy (non-hydrogen) atoms. The van der Waals surface area contributed by atoms with Crippen molar-refractivity contribution in [1.29, 1.82) is 0 Å². The molecule has 0 amide bonds. The molecule has 1 aromatic carbocycles. The van der Waals surface area contributed by atoms with Crippen LogP contribution in [0.3, 0.4) is 0 Å². The van der Waals surface area contributed by atoms with E-state index < -0.39 is 0 Å². The Morgan fingerprint density at radius 2 is 2.06 bits per heavy atom. The van der Waals surface area contributed by atoms with Gasteiger partial charge < -0.3 is 9.73 Å². The molecule has 1 saturated carbocycles. The molecule has 1 aromatic heterocycles. The van der Waals surface area contributed by atoms with Crippen molar-refractivity contribution in [3.63, 3.8) is 0 Å². The third kappa shape index (κ3) is 2.17. The van der Waals surface area contributed by atoms with Gasteiger partial charge in [0.15, 0.2) is 0 Å². The van der Waals surface area contributed by atoms with Gasteiger partial charge in [-0.05, 0) is 36.8 Å². The molecule has 0 spiro atoms. The average Bonchev–Trinajstić information content (AvgIpc) is 2.92. The molecule has 0 bridgehead atoms. The van der Waals surface area contributed by atoms with Gasteiger partial charge in [-0.25, -0.2) is 0 Å². The van der Waals surface area contributed by atoms with Crippen molar-refractivity contribution in [3.8, 4) is 0 Å². The quantitative estimate of drug-likeness (QED) is 0.882. The summed E-state index contributed by atoms with van der Waals surface area (Å²) in [6.07, 6.45) is 2.64. The van der Waals surface area contributed by atoms with E-state index in [0.717, 1.165) is 29.7 Å². The summed E-state index contributed by atoms with van der Waals surface area (Å²) in [4.78, 5) is 0. The first-order chi connectivity index (χ1) is 8.74. The molecule has 0 aliphatic heterocycles. The molecule has 0 saturated heterocycles. The third-order valence-electron chi connectivity index (χ3n) is 4.48. The maximum absolute atomic E-state index is 5.83. The Bertz CT molecular complexity index is 498. The topological polar surface area (TPSA) is 25.2 Å². The van der Waals surface area contributed by atoms with Gasteiger partial charge in [-0.15, -0.1) is 0 Å². The minimum Gasteiger partial charge on any atom is -0.460 e. The highest BCUT2D eigenvalue weighted by Gasteiger charge is 2.29. The number of furan rings is 1. The van der Waals surface area contributed by atoms with E-state index in [2.05, 4.69) is 37.4 Å². The SMILES string of the molecule is CC1CCC(NCc2cc3ccccc3o2)C1C. The summed E-state index contributed by atoms with van der Waals surface area (Å²) in [5.74, 6) is 2.66. The van der Waals surface area contributed by atoms with Gasteiger partial charge in [0, 0.05) is 11.4 Å². The smallest absolute Gasteiger partial charge is 0.134 e. The Labute approximate surface area is 108 Å². The predicted octanol–water partition coefficient (Wildman–Crippen LogP) is 3.96. The van der Waals surface area contributed by atoms with E-state index in [1.54, 1.807) is 0 Å². The summed E-state index contributed by atoms with van der Waals surface area (Å²) in [7, 11) is 0. The minimum absolute atomic E-state index is 0.646. The fourth-order valence-electron chi connectivity index (χ4n) is 3.01. The van der Waals surface area contributed by atoms with Crippen LogP contribution in [-0.4, -0.2) is 6.04 Å². The van der Waals surface area contributed by atoms with E-state index in [4.69, 9.17) is 4.42 Å². The zero-order valence-electron chi connectivity index (χ0n) is 11.1. The zero-order valence-corrected chi connectivity index (χ0v) is 11.1. The van der Waals surface area contributed by atoms with E-state index in [0.29, 0.717) is 6.04 Å². The molecule has 96 valence electrons. The van der Waals surface area contributed by atoms with Gasteiger partial charge in [-0.3, -0.25) is 0 Å². The van der Waals surface area contributed by atoms with Crippen LogP contribution in [0.25, 0.3) is 11.0 Å². The van der Waals surface area contributed by atoms with Gasteiger partial charge in [-0.2, -0.15) is 0 Å². The highest BCUT2D eigenvalue weighted by atomic mass is 16.3. The van der Waals surface area contributed by atoms with Crippen LogP contribution in [0, 0.1) is 11.8 Å². The van der Waals surface area contributed by atoms with Crippen molar-refractivity contribution in [1.82, 2.24) is 5.32 Å². The monoisotopic (exact) mass is 243 g/mol. The molecule has 1 aliphatic carbocycles. The standard InChI is InChI=1S/C16H21NO/c1-11-7-8-15(12(11)2)17-10-14-9-13-5-3-4-6-16(13)18-14/h3-6,9,11-12,15,17H,7-8,10H2,1-2H3. The van der Waals surface area contributed by atoms with Gasteiger partial charge in [-0.1, -0.05) is 32.0 Å². The fraction of sp³-hybridized carbons (Fsp3) is 0.500. The van der Waals surface area contributed by atoms with Crippen LogP contribution in [0.5, 0.6) is 0 Å². The molecule has 1 aliphatic rings. The van der Waals surface area contributed by atoms with Crippen LogP contribution < -0.4 is 5.32 Å². The summed E-state index contributed by atoms with van der Waals surface area (Å²) in [5, 5.41) is 4.84. The minimum atomic E-state index is 0.646. The summed E-state index contributed by atoms with van der Waals surface area (Å²) >= 11 is 0. The predicted molar refractivity (Wildman–Crippen MR) is 74.4 cm³/mol. The summed E-state index contributed by atoms with van der Waals surface area (Å²) in [6.45, 7) is 5.55. The molecule has 1 heterocycles. The number of hydrogen-bond acceptors (Lipinski definition) is 2. The Morgan fingerprint density at radius 1 is 1.22 bits per heavy atom. The van der Waals surface area contributed by atoms with Gasteiger partial charge in [0.25, 0.3) is 0 Å². The summed E-state index contributed by atoms with van der Waals surface area (Å²) in [5.41, 5.74) is 0.988. The first kappa shape index (κ1) is 11.8. The van der Waals surface area contributed by atoms with Crippen molar-refractivity contribution < 1.29 is 4.42 Å². The first-order valence-electron chi connectivity index (χ1n) is 6.95. The van der Waals surface area contributed by atoms with Crippen LogP contribution in [-0.2, 0) is 6.54 Å². The van der Waals surface area contributed by atoms with E-state index in [1.165, 1.54) is 18.2 Å². The first-order valence-corrected chi connectivity index (χ1v) is 6.95. The summed E-state index contributed by atoms with van der Waals surface area (Å²) < 4.78 is 5.83. The number of nitrogens with one attached hydrogen (secondary N) is 1. The van der Waals surface area contributed by atoms with Crippen molar-refractivity contribution in [2.45, 2.75) is 39.3 Å². The van der Waals surface area contributed by atoms with Gasteiger partial charge in [0.2, 0.25) is 0 Å². The number of benzene rings is 1. The molecule has 3 unspecified atom stereocenters. The maximum atomic E-state index is 5.83. The molecule has 2 heteroatoms. The molecule has 3 rings (SSSR count). The van der Waals surface area contributed by atoms with Crippen molar-refractivity contribution in [3.05, 3.63) is 36.1 Å². The molecule has 0 radical (unpaired) electrons. The Balaban J connectivity index is 1.66. The molecule has 2 aromatic rings. The Kier molecular flexibility index (Phi) is 3.13. The van der Waals surface area contributed by atoms with Crippen LogP contribution in [0.2, 0.25) is 0 Å². The Morgan fingerprint density at radius 3 is 2.78 bits per heavy atom. The van der Waals surface area contributed by atoms with Gasteiger partial charge in [0.05, 0.1) is 6.54 Å². The molecule has 3 atom stereocenters. The number of fused-ring (bicyclic) bond motifs is 1. The Hall–Kier alpha value is -1.28.